The quantitative estimate of drug-likeness (QED) is 0.311. The average molecular weight is 639 g/mol. The first-order valence-electron chi connectivity index (χ1n) is 18.6. The van der Waals surface area contributed by atoms with Crippen LogP contribution in [0.5, 0.6) is 0 Å². The van der Waals surface area contributed by atoms with Gasteiger partial charge in [-0.2, -0.15) is 0 Å². The lowest BCUT2D eigenvalue weighted by atomic mass is 9.33. The number of rotatable bonds is 5. The van der Waals surface area contributed by atoms with E-state index in [0.717, 1.165) is 82.9 Å². The zero-order valence-corrected chi connectivity index (χ0v) is 30.4. The largest absolute Gasteiger partial charge is 0.462 e. The normalized spacial score (nSPS) is 43.7. The van der Waals surface area contributed by atoms with Crippen molar-refractivity contribution in [2.75, 3.05) is 26.7 Å². The molecule has 5 fully saturated rings. The summed E-state index contributed by atoms with van der Waals surface area (Å²) in [5.41, 5.74) is 1.86. The number of carbonyl (C=O) groups excluding carboxylic acids is 3. The molecule has 0 spiro atoms. The van der Waals surface area contributed by atoms with E-state index in [-0.39, 0.29) is 57.4 Å². The van der Waals surface area contributed by atoms with Gasteiger partial charge in [0.2, 0.25) is 0 Å². The molecular weight excluding hydrogens is 576 g/mol. The Labute approximate surface area is 278 Å². The summed E-state index contributed by atoms with van der Waals surface area (Å²) >= 11 is 0. The molecule has 6 rings (SSSR count). The minimum absolute atomic E-state index is 0.0252. The molecule has 7 nitrogen and oxygen atoms in total. The van der Waals surface area contributed by atoms with Gasteiger partial charge < -0.3 is 19.7 Å². The lowest BCUT2D eigenvalue weighted by molar-refractivity contribution is -0.231. The van der Waals surface area contributed by atoms with Crippen molar-refractivity contribution >= 4 is 17.8 Å². The van der Waals surface area contributed by atoms with Gasteiger partial charge in [0.05, 0.1) is 12.1 Å². The van der Waals surface area contributed by atoms with Crippen LogP contribution in [-0.2, 0) is 19.1 Å². The smallest absolute Gasteiger partial charge is 0.407 e. The number of piperidine rings is 1. The summed E-state index contributed by atoms with van der Waals surface area (Å²) < 4.78 is 11.9. The van der Waals surface area contributed by atoms with Crippen LogP contribution >= 0.6 is 0 Å². The van der Waals surface area contributed by atoms with Crippen LogP contribution in [0.25, 0.3) is 0 Å². The molecule has 0 aromatic rings. The second-order valence-corrected chi connectivity index (χ2v) is 18.2. The number of hydrogen-bond donors (Lipinski definition) is 1. The fourth-order valence-corrected chi connectivity index (χ4v) is 13.0. The molecular formula is C39H62N2O5. The standard InChI is InChI=1S/C39H62N2O5/c1-24(2)32-28(43)21-39(40-34(44)45-23-26-11-10-20-41(9)22-26)19-18-37(7)27(33(32)39)12-13-30-36(6)16-15-31(46-25(3)42)35(4,5)29(36)14-17-38(30,37)8/h24,26-27,29-31H,10-23H2,1-9H3,(H,40,44)/t26?,27?,29?,30?,31-,36?,37+,38?,39+/m0/s1. The van der Waals surface area contributed by atoms with E-state index in [4.69, 9.17) is 9.47 Å². The predicted octanol–water partition coefficient (Wildman–Crippen LogP) is 7.72. The molecule has 5 aliphatic carbocycles. The van der Waals surface area contributed by atoms with Crippen molar-refractivity contribution in [3.05, 3.63) is 11.1 Å². The van der Waals surface area contributed by atoms with Crippen LogP contribution in [0.3, 0.4) is 0 Å². The topological polar surface area (TPSA) is 84.9 Å². The van der Waals surface area contributed by atoms with Crippen molar-refractivity contribution in [3.63, 3.8) is 0 Å². The van der Waals surface area contributed by atoms with Crippen molar-refractivity contribution in [1.29, 1.82) is 0 Å². The maximum atomic E-state index is 13.9. The number of ether oxygens (including phenoxy) is 2. The van der Waals surface area contributed by atoms with Crippen molar-refractivity contribution in [1.82, 2.24) is 10.2 Å². The fourth-order valence-electron chi connectivity index (χ4n) is 13.0. The van der Waals surface area contributed by atoms with Gasteiger partial charge in [-0.1, -0.05) is 48.5 Å². The van der Waals surface area contributed by atoms with Gasteiger partial charge >= 0.3 is 12.1 Å². The average Bonchev–Trinajstić information content (AvgIpc) is 3.25. The molecule has 4 saturated carbocycles. The molecule has 0 radical (unpaired) electrons. The third kappa shape index (κ3) is 5.10. The molecule has 46 heavy (non-hydrogen) atoms. The lowest BCUT2D eigenvalue weighted by Crippen LogP contribution is -2.67. The second-order valence-electron chi connectivity index (χ2n) is 18.2. The number of allylic oxidation sites excluding steroid dienone is 1. The van der Waals surface area contributed by atoms with Gasteiger partial charge in [-0.25, -0.2) is 4.79 Å². The number of likely N-dealkylation sites (tertiary alicyclic amines) is 1. The van der Waals surface area contributed by atoms with E-state index in [9.17, 15) is 14.4 Å². The first-order chi connectivity index (χ1) is 21.5. The summed E-state index contributed by atoms with van der Waals surface area (Å²) in [4.78, 5) is 41.8. The van der Waals surface area contributed by atoms with Crippen LogP contribution < -0.4 is 5.32 Å². The SMILES string of the molecule is CC(=O)O[C@H]1CCC2(C)C(CCC3(C)C2CCC2C4=C(C(C)C)C(=O)C[C@]4(NC(=O)OCC4CCCN(C)C4)CC[C@]23C)C1(C)C. The van der Waals surface area contributed by atoms with E-state index in [1.165, 1.54) is 5.57 Å². The van der Waals surface area contributed by atoms with Gasteiger partial charge in [-0.05, 0) is 129 Å². The number of hydrogen-bond acceptors (Lipinski definition) is 6. The Bertz CT molecular complexity index is 1290. The Balaban J connectivity index is 1.29. The summed E-state index contributed by atoms with van der Waals surface area (Å²) in [6.45, 7) is 20.7. The van der Waals surface area contributed by atoms with Crippen molar-refractivity contribution in [2.45, 2.75) is 138 Å². The van der Waals surface area contributed by atoms with Crippen LogP contribution in [0.4, 0.5) is 4.79 Å². The first kappa shape index (κ1) is 34.0. The summed E-state index contributed by atoms with van der Waals surface area (Å²) in [6.07, 6.45) is 10.5. The molecule has 1 heterocycles. The van der Waals surface area contributed by atoms with E-state index in [0.29, 0.717) is 30.8 Å². The Kier molecular flexibility index (Phi) is 8.59. The van der Waals surface area contributed by atoms with Crippen LogP contribution in [0.15, 0.2) is 11.1 Å². The van der Waals surface area contributed by atoms with Gasteiger partial charge in [-0.15, -0.1) is 0 Å². The number of ketones is 1. The van der Waals surface area contributed by atoms with E-state index in [1.54, 1.807) is 6.92 Å². The molecule has 1 amide bonds. The molecule has 258 valence electrons. The maximum Gasteiger partial charge on any atom is 0.407 e. The fraction of sp³-hybridized carbons (Fsp3) is 0.872. The number of carbonyl (C=O) groups is 3. The maximum absolute atomic E-state index is 13.9. The van der Waals surface area contributed by atoms with E-state index in [1.807, 2.05) is 0 Å². The molecule has 6 unspecified atom stereocenters. The van der Waals surface area contributed by atoms with Crippen LogP contribution in [0, 0.1) is 51.2 Å². The Morgan fingerprint density at radius 2 is 1.67 bits per heavy atom. The highest BCUT2D eigenvalue weighted by Crippen LogP contribution is 2.75. The number of amides is 1. The number of Topliss-reactive ketones (excluding diaryl/α,β-unsaturated/α-hetero) is 1. The predicted molar refractivity (Wildman–Crippen MR) is 180 cm³/mol. The number of nitrogens with zero attached hydrogens (tertiary/aromatic N) is 1. The molecule has 0 bridgehead atoms. The van der Waals surface area contributed by atoms with E-state index < -0.39 is 5.54 Å². The monoisotopic (exact) mass is 638 g/mol. The molecule has 9 atom stereocenters. The van der Waals surface area contributed by atoms with Crippen molar-refractivity contribution in [2.24, 2.45) is 51.2 Å². The van der Waals surface area contributed by atoms with Crippen LogP contribution in [0.1, 0.15) is 126 Å². The van der Waals surface area contributed by atoms with Crippen LogP contribution in [-0.4, -0.2) is 61.1 Å². The molecule has 0 aromatic heterocycles. The molecule has 1 saturated heterocycles. The highest BCUT2D eigenvalue weighted by molar-refractivity contribution is 6.02. The summed E-state index contributed by atoms with van der Waals surface area (Å²) in [6, 6.07) is 0. The number of esters is 1. The highest BCUT2D eigenvalue weighted by atomic mass is 16.6. The second kappa shape index (κ2) is 11.6. The molecule has 6 aliphatic rings. The summed E-state index contributed by atoms with van der Waals surface area (Å²) in [5, 5.41) is 3.38. The zero-order valence-electron chi connectivity index (χ0n) is 30.4. The third-order valence-corrected chi connectivity index (χ3v) is 15.2. The minimum Gasteiger partial charge on any atom is -0.462 e. The Morgan fingerprint density at radius 3 is 2.35 bits per heavy atom. The summed E-state index contributed by atoms with van der Waals surface area (Å²) in [7, 11) is 2.13. The lowest BCUT2D eigenvalue weighted by Gasteiger charge is -2.72. The van der Waals surface area contributed by atoms with E-state index in [2.05, 4.69) is 65.7 Å². The molecule has 7 heteroatoms. The molecule has 1 N–H and O–H groups in total. The van der Waals surface area contributed by atoms with Gasteiger partial charge in [-0.3, -0.25) is 9.59 Å². The molecule has 1 aliphatic heterocycles. The molecule has 0 aromatic carbocycles. The van der Waals surface area contributed by atoms with Gasteiger partial charge in [0.25, 0.3) is 0 Å². The number of alkyl carbamates (subject to hydrolysis) is 1. The van der Waals surface area contributed by atoms with Gasteiger partial charge in [0.1, 0.15) is 6.10 Å². The van der Waals surface area contributed by atoms with Gasteiger partial charge in [0.15, 0.2) is 5.78 Å². The van der Waals surface area contributed by atoms with Crippen molar-refractivity contribution in [3.8, 4) is 0 Å². The third-order valence-electron chi connectivity index (χ3n) is 15.2. The number of fused-ring (bicyclic) bond motifs is 7. The number of nitrogens with one attached hydrogen (secondary N) is 1. The highest BCUT2D eigenvalue weighted by Gasteiger charge is 2.70. The van der Waals surface area contributed by atoms with Gasteiger partial charge in [0, 0.05) is 31.2 Å². The Hall–Kier alpha value is -1.89. The summed E-state index contributed by atoms with van der Waals surface area (Å²) in [5.74, 6) is 1.87. The minimum atomic E-state index is -0.629. The van der Waals surface area contributed by atoms with Crippen molar-refractivity contribution < 1.29 is 23.9 Å². The Morgan fingerprint density at radius 1 is 0.935 bits per heavy atom. The zero-order chi connectivity index (χ0) is 33.4. The van der Waals surface area contributed by atoms with E-state index >= 15 is 0 Å². The first-order valence-corrected chi connectivity index (χ1v) is 18.6. The van der Waals surface area contributed by atoms with Crippen LogP contribution in [0.2, 0.25) is 0 Å².